The third-order valence-corrected chi connectivity index (χ3v) is 4.59. The normalized spacial score (nSPS) is 18.6. The minimum atomic E-state index is -4.46. The van der Waals surface area contributed by atoms with Crippen molar-refractivity contribution in [2.24, 2.45) is 0 Å². The van der Waals surface area contributed by atoms with Gasteiger partial charge in [-0.15, -0.1) is 0 Å². The molecule has 8 heteroatoms. The molecular formula is C17H21ClF3NO3. The standard InChI is InChI=1S/C17H21ClF3NO3/c1-12(25-11-17(19,20)21)15(23)22-10-16(5-7-24-8-6-16)13-3-2-4-14(18)9-13/h2-4,9,12H,5-8,10-11H2,1H3,(H,22,23). The average Bonchev–Trinajstić information content (AvgIpc) is 2.57. The molecule has 1 N–H and O–H groups in total. The highest BCUT2D eigenvalue weighted by Gasteiger charge is 2.36. The lowest BCUT2D eigenvalue weighted by molar-refractivity contribution is -0.185. The zero-order valence-corrected chi connectivity index (χ0v) is 14.6. The molecule has 140 valence electrons. The van der Waals surface area contributed by atoms with Crippen LogP contribution in [0, 0.1) is 0 Å². The van der Waals surface area contributed by atoms with Crippen LogP contribution in [0.1, 0.15) is 25.3 Å². The Kier molecular flexibility index (Phi) is 6.71. The van der Waals surface area contributed by atoms with Crippen molar-refractivity contribution in [3.8, 4) is 0 Å². The van der Waals surface area contributed by atoms with Gasteiger partial charge in [-0.3, -0.25) is 4.79 Å². The molecule has 4 nitrogen and oxygen atoms in total. The van der Waals surface area contributed by atoms with Crippen LogP contribution in [0.5, 0.6) is 0 Å². The van der Waals surface area contributed by atoms with Crippen LogP contribution in [0.25, 0.3) is 0 Å². The van der Waals surface area contributed by atoms with Crippen LogP contribution in [0.2, 0.25) is 5.02 Å². The number of carbonyl (C=O) groups excluding carboxylic acids is 1. The minimum absolute atomic E-state index is 0.287. The quantitative estimate of drug-likeness (QED) is 0.823. The van der Waals surface area contributed by atoms with E-state index < -0.39 is 24.8 Å². The molecule has 1 aliphatic rings. The molecule has 1 aliphatic heterocycles. The maximum absolute atomic E-state index is 12.2. The van der Waals surface area contributed by atoms with Gasteiger partial charge in [0.2, 0.25) is 5.91 Å². The Morgan fingerprint density at radius 3 is 2.68 bits per heavy atom. The molecule has 0 saturated carbocycles. The monoisotopic (exact) mass is 379 g/mol. The largest absolute Gasteiger partial charge is 0.411 e. The lowest BCUT2D eigenvalue weighted by Crippen LogP contribution is -2.47. The Hall–Kier alpha value is -1.31. The number of hydrogen-bond acceptors (Lipinski definition) is 3. The molecule has 0 aromatic heterocycles. The van der Waals surface area contributed by atoms with Crippen LogP contribution < -0.4 is 5.32 Å². The van der Waals surface area contributed by atoms with E-state index in [1.807, 2.05) is 18.2 Å². The van der Waals surface area contributed by atoms with Crippen LogP contribution in [0.4, 0.5) is 13.2 Å². The fraction of sp³-hybridized carbons (Fsp3) is 0.588. The zero-order chi connectivity index (χ0) is 18.5. The summed E-state index contributed by atoms with van der Waals surface area (Å²) >= 11 is 6.08. The molecule has 1 aromatic carbocycles. The van der Waals surface area contributed by atoms with Crippen LogP contribution >= 0.6 is 11.6 Å². The molecule has 0 bridgehead atoms. The van der Waals surface area contributed by atoms with Crippen molar-refractivity contribution in [2.75, 3.05) is 26.4 Å². The number of nitrogens with one attached hydrogen (secondary N) is 1. The third kappa shape index (κ3) is 5.87. The van der Waals surface area contributed by atoms with E-state index in [1.54, 1.807) is 6.07 Å². The van der Waals surface area contributed by atoms with Crippen LogP contribution in [0.15, 0.2) is 24.3 Å². The SMILES string of the molecule is CC(OCC(F)(F)F)C(=O)NCC1(c2cccc(Cl)c2)CCOCC1. The van der Waals surface area contributed by atoms with Gasteiger partial charge in [-0.25, -0.2) is 0 Å². The highest BCUT2D eigenvalue weighted by atomic mass is 35.5. The number of benzene rings is 1. The van der Waals surface area contributed by atoms with Crippen molar-refractivity contribution >= 4 is 17.5 Å². The van der Waals surface area contributed by atoms with E-state index in [1.165, 1.54) is 6.92 Å². The van der Waals surface area contributed by atoms with Gasteiger partial charge in [0, 0.05) is 30.2 Å². The van der Waals surface area contributed by atoms with Gasteiger partial charge in [-0.1, -0.05) is 23.7 Å². The second-order valence-electron chi connectivity index (χ2n) is 6.19. The first-order valence-corrected chi connectivity index (χ1v) is 8.39. The molecule has 1 fully saturated rings. The highest BCUT2D eigenvalue weighted by Crippen LogP contribution is 2.35. The molecule has 1 atom stereocenters. The van der Waals surface area contributed by atoms with Crippen molar-refractivity contribution in [1.82, 2.24) is 5.32 Å². The molecular weight excluding hydrogens is 359 g/mol. The smallest absolute Gasteiger partial charge is 0.381 e. The van der Waals surface area contributed by atoms with Crippen LogP contribution in [-0.4, -0.2) is 44.6 Å². The van der Waals surface area contributed by atoms with E-state index in [-0.39, 0.29) is 12.0 Å². The fourth-order valence-electron chi connectivity index (χ4n) is 2.84. The number of amides is 1. The maximum Gasteiger partial charge on any atom is 0.411 e. The van der Waals surface area contributed by atoms with Gasteiger partial charge in [0.25, 0.3) is 0 Å². The Balaban J connectivity index is 2.02. The predicted molar refractivity (Wildman–Crippen MR) is 87.7 cm³/mol. The second kappa shape index (κ2) is 8.38. The van der Waals surface area contributed by atoms with E-state index in [4.69, 9.17) is 16.3 Å². The summed E-state index contributed by atoms with van der Waals surface area (Å²) in [4.78, 5) is 12.1. The number of halogens is 4. The van der Waals surface area contributed by atoms with E-state index in [0.717, 1.165) is 5.56 Å². The van der Waals surface area contributed by atoms with E-state index >= 15 is 0 Å². The summed E-state index contributed by atoms with van der Waals surface area (Å²) in [5.41, 5.74) is 0.621. The molecule has 1 heterocycles. The summed E-state index contributed by atoms with van der Waals surface area (Å²) in [5, 5.41) is 3.31. The van der Waals surface area contributed by atoms with Crippen LogP contribution in [-0.2, 0) is 19.7 Å². The molecule has 2 rings (SSSR count). The van der Waals surface area contributed by atoms with E-state index in [0.29, 0.717) is 31.1 Å². The first-order chi connectivity index (χ1) is 11.7. The lowest BCUT2D eigenvalue weighted by atomic mass is 9.74. The van der Waals surface area contributed by atoms with Crippen LogP contribution in [0.3, 0.4) is 0 Å². The predicted octanol–water partition coefficient (Wildman–Crippen LogP) is 3.47. The van der Waals surface area contributed by atoms with Crippen molar-refractivity contribution in [3.63, 3.8) is 0 Å². The van der Waals surface area contributed by atoms with E-state index in [2.05, 4.69) is 10.1 Å². The first kappa shape index (κ1) is 20.0. The minimum Gasteiger partial charge on any atom is -0.381 e. The second-order valence-corrected chi connectivity index (χ2v) is 6.63. The van der Waals surface area contributed by atoms with Crippen molar-refractivity contribution in [1.29, 1.82) is 0 Å². The summed E-state index contributed by atoms with van der Waals surface area (Å²) in [6.07, 6.45) is -4.27. The first-order valence-electron chi connectivity index (χ1n) is 8.02. The maximum atomic E-state index is 12.2. The van der Waals surface area contributed by atoms with Gasteiger partial charge in [0.05, 0.1) is 0 Å². The van der Waals surface area contributed by atoms with Gasteiger partial charge in [-0.05, 0) is 37.5 Å². The number of ether oxygens (including phenoxy) is 2. The summed E-state index contributed by atoms with van der Waals surface area (Å²) in [5.74, 6) is -0.572. The lowest BCUT2D eigenvalue weighted by Gasteiger charge is -2.38. The molecule has 1 aromatic rings. The average molecular weight is 380 g/mol. The molecule has 0 spiro atoms. The molecule has 1 amide bonds. The summed E-state index contributed by atoms with van der Waals surface area (Å²) < 4.78 is 46.6. The summed E-state index contributed by atoms with van der Waals surface area (Å²) in [7, 11) is 0. The Morgan fingerprint density at radius 1 is 1.40 bits per heavy atom. The molecule has 0 radical (unpaired) electrons. The van der Waals surface area contributed by atoms with Gasteiger partial charge < -0.3 is 14.8 Å². The van der Waals surface area contributed by atoms with Crippen molar-refractivity contribution in [3.05, 3.63) is 34.9 Å². The van der Waals surface area contributed by atoms with Gasteiger partial charge in [0.1, 0.15) is 12.7 Å². The zero-order valence-electron chi connectivity index (χ0n) is 13.9. The van der Waals surface area contributed by atoms with Crippen molar-refractivity contribution in [2.45, 2.75) is 37.5 Å². The highest BCUT2D eigenvalue weighted by molar-refractivity contribution is 6.30. The van der Waals surface area contributed by atoms with Crippen molar-refractivity contribution < 1.29 is 27.4 Å². The number of carbonyl (C=O) groups is 1. The summed E-state index contributed by atoms with van der Waals surface area (Å²) in [6.45, 7) is 1.23. The number of alkyl halides is 3. The number of rotatable bonds is 6. The topological polar surface area (TPSA) is 47.6 Å². The fourth-order valence-corrected chi connectivity index (χ4v) is 3.03. The molecule has 25 heavy (non-hydrogen) atoms. The molecule has 1 unspecified atom stereocenters. The Morgan fingerprint density at radius 2 is 2.08 bits per heavy atom. The Bertz CT molecular complexity index is 589. The molecule has 0 aliphatic carbocycles. The van der Waals surface area contributed by atoms with Gasteiger partial charge in [-0.2, -0.15) is 13.2 Å². The van der Waals surface area contributed by atoms with Gasteiger partial charge >= 0.3 is 6.18 Å². The Labute approximate surface area is 149 Å². The molecule has 1 saturated heterocycles. The van der Waals surface area contributed by atoms with E-state index in [9.17, 15) is 18.0 Å². The van der Waals surface area contributed by atoms with Gasteiger partial charge in [0.15, 0.2) is 0 Å². The number of hydrogen-bond donors (Lipinski definition) is 1. The third-order valence-electron chi connectivity index (χ3n) is 4.35. The summed E-state index contributed by atoms with van der Waals surface area (Å²) in [6, 6.07) is 7.39.